The minimum absolute atomic E-state index is 0.0301. The highest BCUT2D eigenvalue weighted by Crippen LogP contribution is 2.23. The van der Waals surface area contributed by atoms with Crippen molar-refractivity contribution in [1.82, 2.24) is 14.9 Å². The number of aromatic amines is 1. The van der Waals surface area contributed by atoms with Crippen LogP contribution in [0.2, 0.25) is 0 Å². The standard InChI is InChI=1S/C21H21N3O3/c1-27-17-3-2-10-24(12-17)21(26)15-6-4-14(5-7-15)16-8-9-19-18(11-16)20(25)23-13-22-19/h4-9,11,13,17H,2-3,10,12H2,1H3,(H,22,23,25). The summed E-state index contributed by atoms with van der Waals surface area (Å²) in [6.07, 6.45) is 3.47. The normalized spacial score (nSPS) is 17.2. The van der Waals surface area contributed by atoms with Gasteiger partial charge in [0.15, 0.2) is 0 Å². The van der Waals surface area contributed by atoms with Gasteiger partial charge in [0.25, 0.3) is 11.5 Å². The SMILES string of the molecule is COC1CCCN(C(=O)c2ccc(-c3ccc4nc[nH]c(=O)c4c3)cc2)C1. The van der Waals surface area contributed by atoms with Crippen LogP contribution in [-0.4, -0.2) is 47.1 Å². The Balaban J connectivity index is 1.58. The molecule has 1 aliphatic rings. The Hall–Kier alpha value is -2.99. The van der Waals surface area contributed by atoms with Crippen LogP contribution in [0.15, 0.2) is 53.6 Å². The number of carbonyl (C=O) groups is 1. The van der Waals surface area contributed by atoms with Crippen molar-refractivity contribution < 1.29 is 9.53 Å². The number of amides is 1. The largest absolute Gasteiger partial charge is 0.380 e. The molecule has 27 heavy (non-hydrogen) atoms. The smallest absolute Gasteiger partial charge is 0.258 e. The zero-order chi connectivity index (χ0) is 18.8. The van der Waals surface area contributed by atoms with Crippen LogP contribution in [-0.2, 0) is 4.74 Å². The summed E-state index contributed by atoms with van der Waals surface area (Å²) >= 11 is 0. The number of aromatic nitrogens is 2. The van der Waals surface area contributed by atoms with Crippen LogP contribution in [0, 0.1) is 0 Å². The minimum atomic E-state index is -0.161. The van der Waals surface area contributed by atoms with Crippen molar-refractivity contribution in [2.24, 2.45) is 0 Å². The van der Waals surface area contributed by atoms with Gasteiger partial charge in [0, 0.05) is 25.8 Å². The first-order valence-electron chi connectivity index (χ1n) is 9.05. The van der Waals surface area contributed by atoms with Crippen molar-refractivity contribution in [3.05, 3.63) is 64.7 Å². The van der Waals surface area contributed by atoms with Gasteiger partial charge in [-0.15, -0.1) is 0 Å². The highest BCUT2D eigenvalue weighted by Gasteiger charge is 2.24. The third-order valence-corrected chi connectivity index (χ3v) is 5.10. The fourth-order valence-corrected chi connectivity index (χ4v) is 3.55. The molecular formula is C21H21N3O3. The van der Waals surface area contributed by atoms with E-state index in [9.17, 15) is 9.59 Å². The average molecular weight is 363 g/mol. The van der Waals surface area contributed by atoms with E-state index in [4.69, 9.17) is 4.74 Å². The zero-order valence-corrected chi connectivity index (χ0v) is 15.1. The lowest BCUT2D eigenvalue weighted by Crippen LogP contribution is -2.42. The van der Waals surface area contributed by atoms with E-state index in [0.717, 1.165) is 30.5 Å². The molecule has 4 rings (SSSR count). The summed E-state index contributed by atoms with van der Waals surface area (Å²) in [5.41, 5.74) is 3.02. The maximum absolute atomic E-state index is 12.7. The number of fused-ring (bicyclic) bond motifs is 1. The lowest BCUT2D eigenvalue weighted by Gasteiger charge is -2.32. The van der Waals surface area contributed by atoms with Crippen LogP contribution < -0.4 is 5.56 Å². The van der Waals surface area contributed by atoms with Crippen LogP contribution >= 0.6 is 0 Å². The maximum Gasteiger partial charge on any atom is 0.258 e. The van der Waals surface area contributed by atoms with Crippen molar-refractivity contribution in [2.75, 3.05) is 20.2 Å². The minimum Gasteiger partial charge on any atom is -0.380 e. The highest BCUT2D eigenvalue weighted by atomic mass is 16.5. The van der Waals surface area contributed by atoms with E-state index in [-0.39, 0.29) is 17.6 Å². The highest BCUT2D eigenvalue weighted by molar-refractivity contribution is 5.95. The molecule has 0 aliphatic carbocycles. The number of rotatable bonds is 3. The Bertz CT molecular complexity index is 1030. The molecule has 3 aromatic rings. The number of piperidine rings is 1. The van der Waals surface area contributed by atoms with Gasteiger partial charge in [-0.3, -0.25) is 9.59 Å². The molecule has 1 N–H and O–H groups in total. The number of H-pyrrole nitrogens is 1. The molecule has 0 bridgehead atoms. The molecule has 2 heterocycles. The number of benzene rings is 2. The second kappa shape index (κ2) is 7.32. The third-order valence-electron chi connectivity index (χ3n) is 5.10. The van der Waals surface area contributed by atoms with Gasteiger partial charge in [0.1, 0.15) is 0 Å². The number of carbonyl (C=O) groups excluding carboxylic acids is 1. The van der Waals surface area contributed by atoms with Gasteiger partial charge in [-0.05, 0) is 48.2 Å². The molecule has 0 spiro atoms. The summed E-state index contributed by atoms with van der Waals surface area (Å²) < 4.78 is 5.40. The molecule has 1 aliphatic heterocycles. The maximum atomic E-state index is 12.7. The van der Waals surface area contributed by atoms with Gasteiger partial charge in [-0.2, -0.15) is 0 Å². The molecule has 1 aromatic heterocycles. The summed E-state index contributed by atoms with van der Waals surface area (Å²) in [6.45, 7) is 1.40. The molecule has 1 saturated heterocycles. The predicted molar refractivity (Wildman–Crippen MR) is 104 cm³/mol. The molecule has 1 atom stereocenters. The summed E-state index contributed by atoms with van der Waals surface area (Å²) in [6, 6.07) is 13.1. The molecule has 6 nitrogen and oxygen atoms in total. The number of nitrogens with one attached hydrogen (secondary N) is 1. The summed E-state index contributed by atoms with van der Waals surface area (Å²) in [7, 11) is 1.69. The summed E-state index contributed by atoms with van der Waals surface area (Å²) in [4.78, 5) is 33.3. The van der Waals surface area contributed by atoms with Crippen LogP contribution in [0.3, 0.4) is 0 Å². The van der Waals surface area contributed by atoms with E-state index in [1.165, 1.54) is 6.33 Å². The molecular weight excluding hydrogens is 342 g/mol. The Kier molecular flexibility index (Phi) is 4.73. The van der Waals surface area contributed by atoms with Gasteiger partial charge in [0.05, 0.1) is 23.3 Å². The van der Waals surface area contributed by atoms with Crippen LogP contribution in [0.1, 0.15) is 23.2 Å². The van der Waals surface area contributed by atoms with Gasteiger partial charge in [-0.1, -0.05) is 18.2 Å². The van der Waals surface area contributed by atoms with Crippen LogP contribution in [0.5, 0.6) is 0 Å². The first-order valence-corrected chi connectivity index (χ1v) is 9.05. The molecule has 0 radical (unpaired) electrons. The zero-order valence-electron chi connectivity index (χ0n) is 15.1. The fourth-order valence-electron chi connectivity index (χ4n) is 3.55. The van der Waals surface area contributed by atoms with Gasteiger partial charge >= 0.3 is 0 Å². The van der Waals surface area contributed by atoms with Gasteiger partial charge in [0.2, 0.25) is 0 Å². The lowest BCUT2D eigenvalue weighted by atomic mass is 10.0. The number of nitrogens with zero attached hydrogens (tertiary/aromatic N) is 2. The predicted octanol–water partition coefficient (Wildman–Crippen LogP) is 2.84. The van der Waals surface area contributed by atoms with Gasteiger partial charge < -0.3 is 14.6 Å². The van der Waals surface area contributed by atoms with Gasteiger partial charge in [-0.25, -0.2) is 4.98 Å². The van der Waals surface area contributed by atoms with E-state index < -0.39 is 0 Å². The van der Waals surface area contributed by atoms with Crippen molar-refractivity contribution in [3.63, 3.8) is 0 Å². The molecule has 1 amide bonds. The lowest BCUT2D eigenvalue weighted by molar-refractivity contribution is 0.0269. The van der Waals surface area contributed by atoms with E-state index in [1.54, 1.807) is 7.11 Å². The Labute approximate surface area is 156 Å². The molecule has 1 unspecified atom stereocenters. The molecule has 1 fully saturated rings. The van der Waals surface area contributed by atoms with E-state index in [1.807, 2.05) is 47.4 Å². The Morgan fingerprint density at radius 2 is 1.96 bits per heavy atom. The number of ether oxygens (including phenoxy) is 1. The Morgan fingerprint density at radius 1 is 1.19 bits per heavy atom. The third kappa shape index (κ3) is 3.48. The van der Waals surface area contributed by atoms with Crippen molar-refractivity contribution in [2.45, 2.75) is 18.9 Å². The first-order chi connectivity index (χ1) is 13.2. The Morgan fingerprint density at radius 3 is 2.74 bits per heavy atom. The quantitative estimate of drug-likeness (QED) is 0.776. The topological polar surface area (TPSA) is 75.3 Å². The van der Waals surface area contributed by atoms with Crippen molar-refractivity contribution >= 4 is 16.8 Å². The number of likely N-dealkylation sites (tertiary alicyclic amines) is 1. The second-order valence-electron chi connectivity index (χ2n) is 6.79. The van der Waals surface area contributed by atoms with Crippen LogP contribution in [0.4, 0.5) is 0 Å². The van der Waals surface area contributed by atoms with E-state index >= 15 is 0 Å². The van der Waals surface area contributed by atoms with E-state index in [2.05, 4.69) is 9.97 Å². The number of methoxy groups -OCH3 is 1. The summed E-state index contributed by atoms with van der Waals surface area (Å²) in [5, 5.41) is 0.550. The molecule has 2 aromatic carbocycles. The van der Waals surface area contributed by atoms with Crippen molar-refractivity contribution in [3.8, 4) is 11.1 Å². The van der Waals surface area contributed by atoms with E-state index in [0.29, 0.717) is 23.0 Å². The first kappa shape index (κ1) is 17.4. The van der Waals surface area contributed by atoms with Crippen LogP contribution in [0.25, 0.3) is 22.0 Å². The molecule has 0 saturated carbocycles. The molecule has 138 valence electrons. The van der Waals surface area contributed by atoms with Crippen molar-refractivity contribution in [1.29, 1.82) is 0 Å². The second-order valence-corrected chi connectivity index (χ2v) is 6.79. The summed E-state index contributed by atoms with van der Waals surface area (Å²) in [5.74, 6) is 0.0301. The number of hydrogen-bond acceptors (Lipinski definition) is 4. The monoisotopic (exact) mass is 363 g/mol. The fraction of sp³-hybridized carbons (Fsp3) is 0.286. The molecule has 6 heteroatoms. The average Bonchev–Trinajstić information content (AvgIpc) is 2.73. The number of hydrogen-bond donors (Lipinski definition) is 1.